The maximum Gasteiger partial charge on any atom is 0.109 e. The van der Waals surface area contributed by atoms with Crippen LogP contribution in [0.2, 0.25) is 0 Å². The minimum atomic E-state index is 1.11. The number of aryl methyl sites for hydroxylation is 2. The Hall–Kier alpha value is -1.35. The van der Waals surface area contributed by atoms with Crippen LogP contribution in [0.15, 0.2) is 24.3 Å². The number of hydrogen-bond donors (Lipinski definition) is 0. The zero-order valence-corrected chi connectivity index (χ0v) is 15.3. The number of nitrogens with zero attached hydrogens (tertiary/aromatic N) is 3. The molecule has 0 amide bonds. The lowest BCUT2D eigenvalue weighted by Crippen LogP contribution is -2.21. The fourth-order valence-electron chi connectivity index (χ4n) is 3.91. The molecule has 0 bridgehead atoms. The van der Waals surface area contributed by atoms with Crippen LogP contribution in [0.25, 0.3) is 11.0 Å². The summed E-state index contributed by atoms with van der Waals surface area (Å²) in [6, 6.07) is 8.64. The first-order valence-corrected chi connectivity index (χ1v) is 10.0. The summed E-state index contributed by atoms with van der Waals surface area (Å²) < 4.78 is 2.49. The van der Waals surface area contributed by atoms with Crippen molar-refractivity contribution in [3.63, 3.8) is 0 Å². The van der Waals surface area contributed by atoms with E-state index >= 15 is 0 Å². The summed E-state index contributed by atoms with van der Waals surface area (Å²) in [5, 5.41) is 0. The summed E-state index contributed by atoms with van der Waals surface area (Å²) in [6.07, 6.45) is 11.8. The molecule has 0 spiro atoms. The molecule has 1 saturated heterocycles. The standard InChI is InChI=1S/C21H33N3/c1-2-3-4-5-8-18-24-20-13-7-6-12-19(20)22-21(24)14-11-17-23-15-9-10-16-23/h6-7,12-13H,2-5,8-11,14-18H2,1H3. The fraction of sp³-hybridized carbons (Fsp3) is 0.667. The van der Waals surface area contributed by atoms with Crippen molar-refractivity contribution in [2.24, 2.45) is 0 Å². The summed E-state index contributed by atoms with van der Waals surface area (Å²) >= 11 is 0. The Bertz CT molecular complexity index is 611. The number of likely N-dealkylation sites (tertiary alicyclic amines) is 1. The molecule has 1 aliphatic rings. The maximum atomic E-state index is 4.94. The Morgan fingerprint density at radius 1 is 0.917 bits per heavy atom. The predicted molar refractivity (Wildman–Crippen MR) is 102 cm³/mol. The van der Waals surface area contributed by atoms with Crippen LogP contribution >= 0.6 is 0 Å². The number of imidazole rings is 1. The van der Waals surface area contributed by atoms with Crippen LogP contribution in [-0.4, -0.2) is 34.1 Å². The van der Waals surface area contributed by atoms with Gasteiger partial charge in [-0.15, -0.1) is 0 Å². The molecule has 1 aromatic heterocycles. The summed E-state index contributed by atoms with van der Waals surface area (Å²) in [5.41, 5.74) is 2.49. The molecule has 24 heavy (non-hydrogen) atoms. The topological polar surface area (TPSA) is 21.1 Å². The van der Waals surface area contributed by atoms with Crippen molar-refractivity contribution in [2.75, 3.05) is 19.6 Å². The molecule has 0 N–H and O–H groups in total. The van der Waals surface area contributed by atoms with E-state index in [1.165, 1.54) is 87.9 Å². The van der Waals surface area contributed by atoms with Crippen LogP contribution in [0, 0.1) is 0 Å². The SMILES string of the molecule is CCCCCCCn1c(CCCN2CCCC2)nc2ccccc21. The van der Waals surface area contributed by atoms with Gasteiger partial charge >= 0.3 is 0 Å². The zero-order valence-electron chi connectivity index (χ0n) is 15.3. The first kappa shape index (κ1) is 17.5. The summed E-state index contributed by atoms with van der Waals surface area (Å²) in [4.78, 5) is 7.55. The zero-order chi connectivity index (χ0) is 16.6. The number of para-hydroxylation sites is 2. The Labute approximate surface area is 147 Å². The third kappa shape index (κ3) is 4.60. The number of fused-ring (bicyclic) bond motifs is 1. The van der Waals surface area contributed by atoms with Gasteiger partial charge in [0.05, 0.1) is 11.0 Å². The van der Waals surface area contributed by atoms with E-state index in [-0.39, 0.29) is 0 Å². The van der Waals surface area contributed by atoms with E-state index < -0.39 is 0 Å². The first-order valence-electron chi connectivity index (χ1n) is 10.0. The van der Waals surface area contributed by atoms with E-state index in [0.29, 0.717) is 0 Å². The van der Waals surface area contributed by atoms with Gasteiger partial charge in [-0.25, -0.2) is 4.98 Å². The van der Waals surface area contributed by atoms with Crippen LogP contribution in [-0.2, 0) is 13.0 Å². The van der Waals surface area contributed by atoms with Gasteiger partial charge < -0.3 is 9.47 Å². The van der Waals surface area contributed by atoms with Crippen LogP contribution in [0.1, 0.15) is 64.1 Å². The molecular formula is C21H33N3. The minimum absolute atomic E-state index is 1.11. The third-order valence-corrected chi connectivity index (χ3v) is 5.29. The van der Waals surface area contributed by atoms with Crippen molar-refractivity contribution in [1.82, 2.24) is 14.5 Å². The monoisotopic (exact) mass is 327 g/mol. The van der Waals surface area contributed by atoms with Gasteiger partial charge in [0.1, 0.15) is 5.82 Å². The van der Waals surface area contributed by atoms with Gasteiger partial charge in [0.25, 0.3) is 0 Å². The molecule has 0 saturated carbocycles. The molecule has 2 aromatic rings. The van der Waals surface area contributed by atoms with E-state index in [9.17, 15) is 0 Å². The smallest absolute Gasteiger partial charge is 0.109 e. The Kier molecular flexibility index (Phi) is 6.71. The van der Waals surface area contributed by atoms with Gasteiger partial charge in [-0.1, -0.05) is 44.7 Å². The van der Waals surface area contributed by atoms with Crippen molar-refractivity contribution < 1.29 is 0 Å². The highest BCUT2D eigenvalue weighted by molar-refractivity contribution is 5.75. The molecule has 2 heterocycles. The Balaban J connectivity index is 1.60. The molecule has 1 aromatic carbocycles. The van der Waals surface area contributed by atoms with Gasteiger partial charge in [-0.2, -0.15) is 0 Å². The summed E-state index contributed by atoms with van der Waals surface area (Å²) in [7, 11) is 0. The van der Waals surface area contributed by atoms with Crippen molar-refractivity contribution >= 4 is 11.0 Å². The molecular weight excluding hydrogens is 294 g/mol. The number of unbranched alkanes of at least 4 members (excludes halogenated alkanes) is 4. The van der Waals surface area contributed by atoms with E-state index in [1.54, 1.807) is 0 Å². The minimum Gasteiger partial charge on any atom is -0.328 e. The molecule has 0 radical (unpaired) electrons. The number of aromatic nitrogens is 2. The second kappa shape index (κ2) is 9.22. The summed E-state index contributed by atoms with van der Waals surface area (Å²) in [5.74, 6) is 1.30. The molecule has 3 heteroatoms. The van der Waals surface area contributed by atoms with Crippen LogP contribution in [0.4, 0.5) is 0 Å². The average molecular weight is 328 g/mol. The fourth-order valence-corrected chi connectivity index (χ4v) is 3.91. The molecule has 3 nitrogen and oxygen atoms in total. The highest BCUT2D eigenvalue weighted by Gasteiger charge is 2.13. The first-order chi connectivity index (χ1) is 11.9. The number of benzene rings is 1. The van der Waals surface area contributed by atoms with E-state index in [2.05, 4.69) is 40.7 Å². The van der Waals surface area contributed by atoms with Crippen LogP contribution < -0.4 is 0 Å². The second-order valence-corrected chi connectivity index (χ2v) is 7.23. The van der Waals surface area contributed by atoms with E-state index in [0.717, 1.165) is 13.0 Å². The van der Waals surface area contributed by atoms with Crippen molar-refractivity contribution in [3.8, 4) is 0 Å². The quantitative estimate of drug-likeness (QED) is 0.570. The maximum absolute atomic E-state index is 4.94. The largest absolute Gasteiger partial charge is 0.328 e. The average Bonchev–Trinajstić information content (AvgIpc) is 3.23. The normalized spacial score (nSPS) is 15.5. The van der Waals surface area contributed by atoms with Gasteiger partial charge in [0.15, 0.2) is 0 Å². The van der Waals surface area contributed by atoms with Crippen molar-refractivity contribution in [1.29, 1.82) is 0 Å². The molecule has 0 aliphatic carbocycles. The molecule has 1 aliphatic heterocycles. The van der Waals surface area contributed by atoms with Gasteiger partial charge in [-0.05, 0) is 57.5 Å². The molecule has 1 fully saturated rings. The molecule has 132 valence electrons. The Morgan fingerprint density at radius 2 is 1.71 bits per heavy atom. The molecule has 3 rings (SSSR count). The molecule has 0 unspecified atom stereocenters. The predicted octanol–water partition coefficient (Wildman–Crippen LogP) is 5.04. The second-order valence-electron chi connectivity index (χ2n) is 7.23. The summed E-state index contributed by atoms with van der Waals surface area (Å²) in [6.45, 7) is 7.24. The van der Waals surface area contributed by atoms with E-state index in [1.807, 2.05) is 0 Å². The lowest BCUT2D eigenvalue weighted by Gasteiger charge is -2.14. The highest BCUT2D eigenvalue weighted by atomic mass is 15.1. The molecule has 0 atom stereocenters. The van der Waals surface area contributed by atoms with Crippen LogP contribution in [0.3, 0.4) is 0 Å². The lowest BCUT2D eigenvalue weighted by atomic mass is 10.1. The van der Waals surface area contributed by atoms with Crippen LogP contribution in [0.5, 0.6) is 0 Å². The van der Waals surface area contributed by atoms with Crippen molar-refractivity contribution in [2.45, 2.75) is 71.3 Å². The number of rotatable bonds is 10. The third-order valence-electron chi connectivity index (χ3n) is 5.29. The van der Waals surface area contributed by atoms with E-state index in [4.69, 9.17) is 4.98 Å². The van der Waals surface area contributed by atoms with Gasteiger partial charge in [0.2, 0.25) is 0 Å². The van der Waals surface area contributed by atoms with Crippen molar-refractivity contribution in [3.05, 3.63) is 30.1 Å². The van der Waals surface area contributed by atoms with Gasteiger partial charge in [0, 0.05) is 13.0 Å². The lowest BCUT2D eigenvalue weighted by molar-refractivity contribution is 0.332. The number of hydrogen-bond acceptors (Lipinski definition) is 2. The highest BCUT2D eigenvalue weighted by Crippen LogP contribution is 2.19. The Morgan fingerprint density at radius 3 is 2.54 bits per heavy atom. The van der Waals surface area contributed by atoms with Gasteiger partial charge in [-0.3, -0.25) is 0 Å².